The van der Waals surface area contributed by atoms with Gasteiger partial charge in [0.2, 0.25) is 11.8 Å². The van der Waals surface area contributed by atoms with E-state index in [0.29, 0.717) is 28.6 Å². The lowest BCUT2D eigenvalue weighted by molar-refractivity contribution is -0.115. The van der Waals surface area contributed by atoms with E-state index in [2.05, 4.69) is 15.6 Å². The second-order valence-electron chi connectivity index (χ2n) is 7.61. The highest BCUT2D eigenvalue weighted by Crippen LogP contribution is 2.23. The van der Waals surface area contributed by atoms with Crippen molar-refractivity contribution in [3.05, 3.63) is 71.6 Å². The Morgan fingerprint density at radius 1 is 1.03 bits per heavy atom. The van der Waals surface area contributed by atoms with Gasteiger partial charge < -0.3 is 15.1 Å². The molecule has 30 heavy (non-hydrogen) atoms. The van der Waals surface area contributed by atoms with Crippen molar-refractivity contribution in [3.63, 3.8) is 0 Å². The van der Waals surface area contributed by atoms with Crippen LogP contribution in [0.15, 0.2) is 59.0 Å². The zero-order valence-electron chi connectivity index (χ0n) is 17.0. The van der Waals surface area contributed by atoms with Crippen LogP contribution in [0, 0.1) is 6.92 Å². The molecule has 2 N–H and O–H groups in total. The van der Waals surface area contributed by atoms with Gasteiger partial charge in [-0.05, 0) is 44.0 Å². The molecule has 0 saturated heterocycles. The number of nitrogens with one attached hydrogen (secondary N) is 2. The molecule has 1 saturated carbocycles. The number of aryl methyl sites for hydroxylation is 1. The largest absolute Gasteiger partial charge is 0.441 e. The molecule has 0 bridgehead atoms. The van der Waals surface area contributed by atoms with Crippen LogP contribution in [0.3, 0.4) is 0 Å². The Bertz CT molecular complexity index is 1040. The third-order valence-corrected chi connectivity index (χ3v) is 5.38. The molecular weight excluding hydrogens is 378 g/mol. The molecule has 0 atom stereocenters. The lowest BCUT2D eigenvalue weighted by atomic mass is 10.1. The highest BCUT2D eigenvalue weighted by atomic mass is 16.4. The van der Waals surface area contributed by atoms with Gasteiger partial charge in [0.25, 0.3) is 5.91 Å². The van der Waals surface area contributed by atoms with Gasteiger partial charge in [-0.15, -0.1) is 0 Å². The Morgan fingerprint density at radius 3 is 2.50 bits per heavy atom. The first-order valence-electron chi connectivity index (χ1n) is 10.3. The number of rotatable bonds is 6. The Hall–Kier alpha value is -3.41. The first-order chi connectivity index (χ1) is 14.6. The van der Waals surface area contributed by atoms with E-state index in [0.717, 1.165) is 31.2 Å². The zero-order chi connectivity index (χ0) is 20.9. The molecule has 0 radical (unpaired) electrons. The van der Waals surface area contributed by atoms with Gasteiger partial charge in [-0.2, -0.15) is 0 Å². The molecule has 4 rings (SSSR count). The Morgan fingerprint density at radius 2 is 1.73 bits per heavy atom. The molecule has 154 valence electrons. The zero-order valence-corrected chi connectivity index (χ0v) is 17.0. The van der Waals surface area contributed by atoms with Crippen LogP contribution < -0.4 is 10.6 Å². The van der Waals surface area contributed by atoms with E-state index < -0.39 is 0 Å². The topological polar surface area (TPSA) is 84.2 Å². The van der Waals surface area contributed by atoms with Crippen LogP contribution in [-0.2, 0) is 11.2 Å². The van der Waals surface area contributed by atoms with Gasteiger partial charge in [0.1, 0.15) is 5.76 Å². The maximum absolute atomic E-state index is 12.7. The van der Waals surface area contributed by atoms with Crippen molar-refractivity contribution in [1.82, 2.24) is 10.3 Å². The number of amides is 2. The number of carbonyl (C=O) groups excluding carboxylic acids is 2. The van der Waals surface area contributed by atoms with E-state index in [4.69, 9.17) is 4.42 Å². The Labute approximate surface area is 175 Å². The minimum absolute atomic E-state index is 0.0702. The van der Waals surface area contributed by atoms with E-state index >= 15 is 0 Å². The van der Waals surface area contributed by atoms with Gasteiger partial charge in [0, 0.05) is 11.6 Å². The number of nitrogens with zero attached hydrogens (tertiary/aromatic N) is 1. The SMILES string of the molecule is Cc1oc(-c2ccccc2)nc1CC(=O)Nc1ccccc1C(=O)NC1CCCC1. The van der Waals surface area contributed by atoms with E-state index in [1.54, 1.807) is 31.2 Å². The van der Waals surface area contributed by atoms with Crippen molar-refractivity contribution < 1.29 is 14.0 Å². The number of carbonyl (C=O) groups is 2. The fraction of sp³-hybridized carbons (Fsp3) is 0.292. The fourth-order valence-corrected chi connectivity index (χ4v) is 3.77. The molecule has 0 aliphatic heterocycles. The van der Waals surface area contributed by atoms with Crippen LogP contribution in [0.2, 0.25) is 0 Å². The number of hydrogen-bond acceptors (Lipinski definition) is 4. The number of hydrogen-bond donors (Lipinski definition) is 2. The Kier molecular flexibility index (Phi) is 5.93. The monoisotopic (exact) mass is 403 g/mol. The molecular formula is C24H25N3O3. The van der Waals surface area contributed by atoms with Crippen LogP contribution in [0.5, 0.6) is 0 Å². The molecule has 6 heteroatoms. The van der Waals surface area contributed by atoms with Crippen LogP contribution in [0.1, 0.15) is 47.5 Å². The van der Waals surface area contributed by atoms with Gasteiger partial charge in [0.05, 0.1) is 23.4 Å². The van der Waals surface area contributed by atoms with Crippen molar-refractivity contribution in [2.75, 3.05) is 5.32 Å². The summed E-state index contributed by atoms with van der Waals surface area (Å²) in [5.41, 5.74) is 2.42. The smallest absolute Gasteiger partial charge is 0.253 e. The van der Waals surface area contributed by atoms with Crippen LogP contribution in [0.4, 0.5) is 5.69 Å². The molecule has 3 aromatic rings. The molecule has 1 fully saturated rings. The lowest BCUT2D eigenvalue weighted by Crippen LogP contribution is -2.33. The van der Waals surface area contributed by atoms with Crippen molar-refractivity contribution in [1.29, 1.82) is 0 Å². The maximum Gasteiger partial charge on any atom is 0.253 e. The van der Waals surface area contributed by atoms with Crippen LogP contribution in [-0.4, -0.2) is 22.8 Å². The molecule has 2 amide bonds. The number of para-hydroxylation sites is 1. The Balaban J connectivity index is 1.45. The average molecular weight is 403 g/mol. The van der Waals surface area contributed by atoms with E-state index in [1.807, 2.05) is 30.3 Å². The van der Waals surface area contributed by atoms with Crippen molar-refractivity contribution in [2.24, 2.45) is 0 Å². The number of anilines is 1. The summed E-state index contributed by atoms with van der Waals surface area (Å²) in [4.78, 5) is 29.8. The quantitative estimate of drug-likeness (QED) is 0.634. The first-order valence-corrected chi connectivity index (χ1v) is 10.3. The third kappa shape index (κ3) is 4.59. The van der Waals surface area contributed by atoms with Crippen molar-refractivity contribution in [3.8, 4) is 11.5 Å². The first kappa shape index (κ1) is 19.9. The third-order valence-electron chi connectivity index (χ3n) is 5.38. The molecule has 1 aliphatic rings. The van der Waals surface area contributed by atoms with Gasteiger partial charge in [-0.25, -0.2) is 4.98 Å². The molecule has 0 spiro atoms. The summed E-state index contributed by atoms with van der Waals surface area (Å²) in [5, 5.41) is 5.93. The van der Waals surface area contributed by atoms with Crippen LogP contribution >= 0.6 is 0 Å². The number of benzene rings is 2. The van der Waals surface area contributed by atoms with E-state index in [9.17, 15) is 9.59 Å². The average Bonchev–Trinajstić information content (AvgIpc) is 3.39. The second kappa shape index (κ2) is 8.95. The highest BCUT2D eigenvalue weighted by molar-refractivity contribution is 6.04. The lowest BCUT2D eigenvalue weighted by Gasteiger charge is -2.15. The van der Waals surface area contributed by atoms with Crippen molar-refractivity contribution in [2.45, 2.75) is 45.1 Å². The predicted molar refractivity (Wildman–Crippen MR) is 115 cm³/mol. The summed E-state index contributed by atoms with van der Waals surface area (Å²) < 4.78 is 5.73. The standard InChI is InChI=1S/C24H25N3O3/c1-16-21(27-24(30-16)17-9-3-2-4-10-17)15-22(28)26-20-14-8-7-13-19(20)23(29)25-18-11-5-6-12-18/h2-4,7-10,13-14,18H,5-6,11-12,15H2,1H3,(H,25,29)(H,26,28). The number of aromatic nitrogens is 1. The predicted octanol–water partition coefficient (Wildman–Crippen LogP) is 4.50. The maximum atomic E-state index is 12.7. The molecule has 1 aromatic heterocycles. The van der Waals surface area contributed by atoms with Gasteiger partial charge in [-0.1, -0.05) is 43.2 Å². The van der Waals surface area contributed by atoms with Gasteiger partial charge >= 0.3 is 0 Å². The number of oxazole rings is 1. The normalized spacial score (nSPS) is 13.9. The summed E-state index contributed by atoms with van der Waals surface area (Å²) in [6.07, 6.45) is 4.38. The molecule has 6 nitrogen and oxygen atoms in total. The van der Waals surface area contributed by atoms with Gasteiger partial charge in [-0.3, -0.25) is 9.59 Å². The second-order valence-corrected chi connectivity index (χ2v) is 7.61. The molecule has 2 aromatic carbocycles. The summed E-state index contributed by atoms with van der Waals surface area (Å²) in [6.45, 7) is 1.80. The summed E-state index contributed by atoms with van der Waals surface area (Å²) in [5.74, 6) is 0.706. The van der Waals surface area contributed by atoms with E-state index in [1.165, 1.54) is 0 Å². The van der Waals surface area contributed by atoms with Crippen LogP contribution in [0.25, 0.3) is 11.5 Å². The molecule has 1 aliphatic carbocycles. The summed E-state index contributed by atoms with van der Waals surface area (Å²) in [7, 11) is 0. The minimum Gasteiger partial charge on any atom is -0.441 e. The molecule has 0 unspecified atom stereocenters. The highest BCUT2D eigenvalue weighted by Gasteiger charge is 2.21. The summed E-state index contributed by atoms with van der Waals surface area (Å²) in [6, 6.07) is 16.9. The van der Waals surface area contributed by atoms with E-state index in [-0.39, 0.29) is 24.3 Å². The van der Waals surface area contributed by atoms with Gasteiger partial charge in [0.15, 0.2) is 0 Å². The summed E-state index contributed by atoms with van der Waals surface area (Å²) >= 11 is 0. The van der Waals surface area contributed by atoms with Crippen molar-refractivity contribution >= 4 is 17.5 Å². The fourth-order valence-electron chi connectivity index (χ4n) is 3.77. The minimum atomic E-state index is -0.243. The molecule has 1 heterocycles.